The maximum absolute atomic E-state index is 8.64. The molecule has 1 N–H and O–H groups in total. The predicted molar refractivity (Wildman–Crippen MR) is 69.6 cm³/mol. The van der Waals surface area contributed by atoms with Gasteiger partial charge in [-0.25, -0.2) is 0 Å². The molecule has 0 unspecified atom stereocenters. The van der Waals surface area contributed by atoms with E-state index in [0.717, 1.165) is 30.6 Å². The molecule has 0 aliphatic carbocycles. The van der Waals surface area contributed by atoms with Gasteiger partial charge in [0, 0.05) is 18.6 Å². The average molecular weight is 232 g/mol. The molecule has 0 bridgehead atoms. The highest BCUT2D eigenvalue weighted by Gasteiger charge is 1.94. The van der Waals surface area contributed by atoms with Gasteiger partial charge in [0.15, 0.2) is 0 Å². The third-order valence-electron chi connectivity index (χ3n) is 2.31. The predicted octanol–water partition coefficient (Wildman–Crippen LogP) is 2.74. The number of hydrogen-bond donors (Lipinski definition) is 1. The molecule has 0 saturated heterocycles. The van der Waals surface area contributed by atoms with E-state index < -0.39 is 0 Å². The van der Waals surface area contributed by atoms with Crippen LogP contribution in [-0.2, 0) is 11.3 Å². The molecule has 0 heterocycles. The van der Waals surface area contributed by atoms with Crippen molar-refractivity contribution in [3.8, 4) is 11.8 Å². The highest BCUT2D eigenvalue weighted by molar-refractivity contribution is 5.36. The Hall–Kier alpha value is -1.30. The van der Waals surface area contributed by atoms with Gasteiger partial charge >= 0.3 is 0 Å². The summed E-state index contributed by atoms with van der Waals surface area (Å²) < 4.78 is 5.55. The van der Waals surface area contributed by atoms with Crippen LogP contribution in [0.1, 0.15) is 37.3 Å². The Labute approximate surface area is 104 Å². The number of benzene rings is 1. The molecule has 0 atom stereocenters. The highest BCUT2D eigenvalue weighted by atomic mass is 16.5. The van der Waals surface area contributed by atoms with Crippen LogP contribution in [0.5, 0.6) is 0 Å². The minimum Gasteiger partial charge on any atom is -0.395 e. The third kappa shape index (κ3) is 6.11. The second-order valence-corrected chi connectivity index (χ2v) is 3.88. The van der Waals surface area contributed by atoms with Crippen molar-refractivity contribution in [1.82, 2.24) is 0 Å². The van der Waals surface area contributed by atoms with Gasteiger partial charge in [-0.2, -0.15) is 0 Å². The average Bonchev–Trinajstić information content (AvgIpc) is 2.36. The SMILES string of the molecule is CCCCOCc1cccc(C#CCCO)c1. The topological polar surface area (TPSA) is 29.5 Å². The van der Waals surface area contributed by atoms with E-state index >= 15 is 0 Å². The van der Waals surface area contributed by atoms with Crippen molar-refractivity contribution in [1.29, 1.82) is 0 Å². The van der Waals surface area contributed by atoms with Gasteiger partial charge in [0.1, 0.15) is 0 Å². The minimum atomic E-state index is 0.118. The van der Waals surface area contributed by atoms with Gasteiger partial charge in [0.05, 0.1) is 13.2 Å². The molecule has 17 heavy (non-hydrogen) atoms. The molecule has 2 nitrogen and oxygen atoms in total. The van der Waals surface area contributed by atoms with Gasteiger partial charge in [0.25, 0.3) is 0 Å². The summed E-state index contributed by atoms with van der Waals surface area (Å²) in [6.45, 7) is 3.74. The van der Waals surface area contributed by atoms with Gasteiger partial charge in [-0.3, -0.25) is 0 Å². The van der Waals surface area contributed by atoms with E-state index in [4.69, 9.17) is 9.84 Å². The van der Waals surface area contributed by atoms with Crippen LogP contribution >= 0.6 is 0 Å². The van der Waals surface area contributed by atoms with Crippen LogP contribution in [0.2, 0.25) is 0 Å². The first-order valence-corrected chi connectivity index (χ1v) is 6.13. The summed E-state index contributed by atoms with van der Waals surface area (Å²) in [4.78, 5) is 0. The van der Waals surface area contributed by atoms with Gasteiger partial charge in [-0.1, -0.05) is 37.3 Å². The van der Waals surface area contributed by atoms with Crippen LogP contribution < -0.4 is 0 Å². The van der Waals surface area contributed by atoms with Crippen molar-refractivity contribution in [2.75, 3.05) is 13.2 Å². The molecule has 0 amide bonds. The summed E-state index contributed by atoms with van der Waals surface area (Å²) in [7, 11) is 0. The number of unbranched alkanes of at least 4 members (excludes halogenated alkanes) is 1. The molecule has 0 aromatic heterocycles. The number of aliphatic hydroxyl groups excluding tert-OH is 1. The second kappa shape index (κ2) is 8.81. The van der Waals surface area contributed by atoms with E-state index in [1.165, 1.54) is 0 Å². The molecule has 0 saturated carbocycles. The Morgan fingerprint density at radius 3 is 3.00 bits per heavy atom. The molecule has 2 heteroatoms. The molecule has 0 fully saturated rings. The molecule has 92 valence electrons. The van der Waals surface area contributed by atoms with E-state index in [1.54, 1.807) is 0 Å². The van der Waals surface area contributed by atoms with Crippen LogP contribution in [0.3, 0.4) is 0 Å². The number of rotatable bonds is 6. The minimum absolute atomic E-state index is 0.118. The van der Waals surface area contributed by atoms with Crippen molar-refractivity contribution < 1.29 is 9.84 Å². The molecule has 1 aromatic carbocycles. The zero-order valence-corrected chi connectivity index (χ0v) is 10.4. The van der Waals surface area contributed by atoms with Crippen LogP contribution in [0.4, 0.5) is 0 Å². The van der Waals surface area contributed by atoms with E-state index in [-0.39, 0.29) is 6.61 Å². The fraction of sp³-hybridized carbons (Fsp3) is 0.467. The maximum Gasteiger partial charge on any atom is 0.0717 e. The maximum atomic E-state index is 8.64. The fourth-order valence-corrected chi connectivity index (χ4v) is 1.40. The van der Waals surface area contributed by atoms with Crippen molar-refractivity contribution in [3.63, 3.8) is 0 Å². The first kappa shape index (κ1) is 13.8. The smallest absolute Gasteiger partial charge is 0.0717 e. The Bertz CT molecular complexity index is 374. The molecule has 1 rings (SSSR count). The standard InChI is InChI=1S/C15H20O2/c1-2-3-11-17-13-15-9-6-8-14(12-15)7-4-5-10-16/h6,8-9,12,16H,2-3,5,10-11,13H2,1H3. The first-order chi connectivity index (χ1) is 8.36. The van der Waals surface area contributed by atoms with Gasteiger partial charge in [-0.15, -0.1) is 0 Å². The quantitative estimate of drug-likeness (QED) is 0.603. The summed E-state index contributed by atoms with van der Waals surface area (Å²) in [6, 6.07) is 8.04. The van der Waals surface area contributed by atoms with Gasteiger partial charge in [0.2, 0.25) is 0 Å². The zero-order chi connectivity index (χ0) is 12.3. The summed E-state index contributed by atoms with van der Waals surface area (Å²) in [5.41, 5.74) is 2.13. The molecular formula is C15H20O2. The summed E-state index contributed by atoms with van der Waals surface area (Å²) >= 11 is 0. The largest absolute Gasteiger partial charge is 0.395 e. The summed E-state index contributed by atoms with van der Waals surface area (Å²) in [6.07, 6.45) is 2.79. The van der Waals surface area contributed by atoms with Crippen molar-refractivity contribution in [2.45, 2.75) is 32.8 Å². The van der Waals surface area contributed by atoms with E-state index in [1.807, 2.05) is 24.3 Å². The number of aliphatic hydroxyl groups is 1. The molecule has 0 aliphatic rings. The molecular weight excluding hydrogens is 212 g/mol. The lowest BCUT2D eigenvalue weighted by molar-refractivity contribution is 0.118. The van der Waals surface area contributed by atoms with E-state index in [9.17, 15) is 0 Å². The van der Waals surface area contributed by atoms with Crippen LogP contribution in [0.25, 0.3) is 0 Å². The number of hydrogen-bond acceptors (Lipinski definition) is 2. The summed E-state index contributed by atoms with van der Waals surface area (Å²) in [5.74, 6) is 5.94. The Morgan fingerprint density at radius 1 is 1.35 bits per heavy atom. The van der Waals surface area contributed by atoms with E-state index in [0.29, 0.717) is 13.0 Å². The van der Waals surface area contributed by atoms with Crippen molar-refractivity contribution >= 4 is 0 Å². The third-order valence-corrected chi connectivity index (χ3v) is 2.31. The van der Waals surface area contributed by atoms with Crippen molar-refractivity contribution in [3.05, 3.63) is 35.4 Å². The Morgan fingerprint density at radius 2 is 2.24 bits per heavy atom. The number of ether oxygens (including phenoxy) is 1. The molecule has 0 spiro atoms. The lowest BCUT2D eigenvalue weighted by Gasteiger charge is -2.03. The molecule has 0 radical (unpaired) electrons. The lowest BCUT2D eigenvalue weighted by atomic mass is 10.1. The monoisotopic (exact) mass is 232 g/mol. The Kier molecular flexibility index (Phi) is 7.13. The van der Waals surface area contributed by atoms with Gasteiger partial charge < -0.3 is 9.84 Å². The highest BCUT2D eigenvalue weighted by Crippen LogP contribution is 2.06. The second-order valence-electron chi connectivity index (χ2n) is 3.88. The van der Waals surface area contributed by atoms with E-state index in [2.05, 4.69) is 18.8 Å². The van der Waals surface area contributed by atoms with Crippen LogP contribution in [0.15, 0.2) is 24.3 Å². The zero-order valence-electron chi connectivity index (χ0n) is 10.4. The summed E-state index contributed by atoms with van der Waals surface area (Å²) in [5, 5.41) is 8.64. The molecule has 0 aliphatic heterocycles. The normalized spacial score (nSPS) is 9.76. The Balaban J connectivity index is 2.46. The fourth-order valence-electron chi connectivity index (χ4n) is 1.40. The lowest BCUT2D eigenvalue weighted by Crippen LogP contribution is -1.95. The van der Waals surface area contributed by atoms with Gasteiger partial charge in [-0.05, 0) is 24.1 Å². The van der Waals surface area contributed by atoms with Crippen molar-refractivity contribution in [2.24, 2.45) is 0 Å². The first-order valence-electron chi connectivity index (χ1n) is 6.13. The molecule has 1 aromatic rings. The van der Waals surface area contributed by atoms with Crippen LogP contribution in [-0.4, -0.2) is 18.3 Å². The van der Waals surface area contributed by atoms with Crippen LogP contribution in [0, 0.1) is 11.8 Å².